The van der Waals surface area contributed by atoms with Crippen molar-refractivity contribution in [1.29, 1.82) is 0 Å². The van der Waals surface area contributed by atoms with E-state index in [4.69, 9.17) is 4.98 Å². The van der Waals surface area contributed by atoms with E-state index in [0.29, 0.717) is 0 Å². The summed E-state index contributed by atoms with van der Waals surface area (Å²) >= 11 is 1.85. The van der Waals surface area contributed by atoms with Gasteiger partial charge in [-0.25, -0.2) is 4.98 Å². The molecule has 0 saturated heterocycles. The molecule has 0 saturated carbocycles. The SMILES string of the molecule is c1ccc(-c2cc(-c3cccc4c3sc3ccccc34)nc3ccc4ccccc4c23)cc1. The first-order valence-electron chi connectivity index (χ1n) is 11.2. The zero-order valence-corrected chi connectivity index (χ0v) is 18.6. The van der Waals surface area contributed by atoms with Crippen LogP contribution in [-0.4, -0.2) is 4.98 Å². The fraction of sp³-hybridized carbons (Fsp3) is 0. The minimum Gasteiger partial charge on any atom is -0.248 e. The van der Waals surface area contributed by atoms with Gasteiger partial charge >= 0.3 is 0 Å². The molecule has 0 unspecified atom stereocenters. The summed E-state index contributed by atoms with van der Waals surface area (Å²) in [6, 6.07) is 41.2. The monoisotopic (exact) mass is 437 g/mol. The molecule has 0 amide bonds. The number of benzene rings is 5. The predicted molar refractivity (Wildman–Crippen MR) is 143 cm³/mol. The summed E-state index contributed by atoms with van der Waals surface area (Å²) in [6.07, 6.45) is 0. The highest BCUT2D eigenvalue weighted by Gasteiger charge is 2.15. The second-order valence-electron chi connectivity index (χ2n) is 8.38. The minimum atomic E-state index is 1.02. The van der Waals surface area contributed by atoms with Crippen LogP contribution in [0.1, 0.15) is 0 Å². The molecular weight excluding hydrogens is 418 g/mol. The van der Waals surface area contributed by atoms with E-state index in [1.807, 2.05) is 11.3 Å². The van der Waals surface area contributed by atoms with Crippen LogP contribution in [0.15, 0.2) is 115 Å². The first kappa shape index (κ1) is 18.6. The fourth-order valence-electron chi connectivity index (χ4n) is 4.94. The highest BCUT2D eigenvalue weighted by molar-refractivity contribution is 7.26. The molecule has 33 heavy (non-hydrogen) atoms. The van der Waals surface area contributed by atoms with Crippen LogP contribution >= 0.6 is 11.3 Å². The zero-order valence-electron chi connectivity index (χ0n) is 17.8. The Morgan fingerprint density at radius 2 is 1.30 bits per heavy atom. The number of hydrogen-bond acceptors (Lipinski definition) is 2. The van der Waals surface area contributed by atoms with Crippen LogP contribution in [0.2, 0.25) is 0 Å². The molecule has 0 N–H and O–H groups in total. The second-order valence-corrected chi connectivity index (χ2v) is 9.43. The summed E-state index contributed by atoms with van der Waals surface area (Å²) in [5, 5.41) is 6.31. The average Bonchev–Trinajstić information content (AvgIpc) is 3.27. The topological polar surface area (TPSA) is 12.9 Å². The molecule has 0 fully saturated rings. The van der Waals surface area contributed by atoms with Gasteiger partial charge < -0.3 is 0 Å². The number of hydrogen-bond donors (Lipinski definition) is 0. The number of pyridine rings is 1. The van der Waals surface area contributed by atoms with Crippen molar-refractivity contribution in [2.45, 2.75) is 0 Å². The second kappa shape index (κ2) is 7.26. The van der Waals surface area contributed by atoms with Crippen molar-refractivity contribution in [2.24, 2.45) is 0 Å². The maximum absolute atomic E-state index is 5.21. The first-order valence-corrected chi connectivity index (χ1v) is 12.0. The zero-order chi connectivity index (χ0) is 21.8. The van der Waals surface area contributed by atoms with Crippen molar-refractivity contribution >= 4 is 53.2 Å². The van der Waals surface area contributed by atoms with E-state index in [2.05, 4.69) is 115 Å². The molecule has 2 heterocycles. The normalized spacial score (nSPS) is 11.6. The molecule has 0 aliphatic rings. The Kier molecular flexibility index (Phi) is 4.08. The summed E-state index contributed by atoms with van der Waals surface area (Å²) in [4.78, 5) is 5.21. The summed E-state index contributed by atoms with van der Waals surface area (Å²) in [5.74, 6) is 0. The molecule has 2 heteroatoms. The molecule has 7 aromatic rings. The molecule has 0 radical (unpaired) electrons. The van der Waals surface area contributed by atoms with Gasteiger partial charge in [-0.3, -0.25) is 0 Å². The average molecular weight is 438 g/mol. The lowest BCUT2D eigenvalue weighted by atomic mass is 9.94. The summed E-state index contributed by atoms with van der Waals surface area (Å²) in [5.41, 5.74) is 5.69. The lowest BCUT2D eigenvalue weighted by molar-refractivity contribution is 1.41. The van der Waals surface area contributed by atoms with E-state index in [9.17, 15) is 0 Å². The highest BCUT2D eigenvalue weighted by Crippen LogP contribution is 2.42. The van der Waals surface area contributed by atoms with Crippen LogP contribution in [0.3, 0.4) is 0 Å². The Labute approximate surface area is 195 Å². The molecule has 1 nitrogen and oxygen atoms in total. The number of nitrogens with zero attached hydrogens (tertiary/aromatic N) is 1. The van der Waals surface area contributed by atoms with Crippen molar-refractivity contribution in [2.75, 3.05) is 0 Å². The van der Waals surface area contributed by atoms with E-state index in [1.165, 1.54) is 53.0 Å². The van der Waals surface area contributed by atoms with Crippen molar-refractivity contribution in [3.63, 3.8) is 0 Å². The first-order chi connectivity index (χ1) is 16.4. The molecule has 154 valence electrons. The van der Waals surface area contributed by atoms with Gasteiger partial charge in [0.2, 0.25) is 0 Å². The minimum absolute atomic E-state index is 1.02. The van der Waals surface area contributed by atoms with E-state index in [-0.39, 0.29) is 0 Å². The van der Waals surface area contributed by atoms with E-state index < -0.39 is 0 Å². The van der Waals surface area contributed by atoms with Crippen molar-refractivity contribution in [3.05, 3.63) is 115 Å². The largest absolute Gasteiger partial charge is 0.248 e. The molecule has 0 spiro atoms. The quantitative estimate of drug-likeness (QED) is 0.246. The third-order valence-electron chi connectivity index (χ3n) is 6.46. The van der Waals surface area contributed by atoms with Gasteiger partial charge in [0.15, 0.2) is 0 Å². The fourth-order valence-corrected chi connectivity index (χ4v) is 6.16. The Morgan fingerprint density at radius 1 is 0.545 bits per heavy atom. The van der Waals surface area contributed by atoms with Crippen molar-refractivity contribution in [1.82, 2.24) is 4.98 Å². The van der Waals surface area contributed by atoms with Gasteiger partial charge in [-0.1, -0.05) is 97.1 Å². The molecule has 7 rings (SSSR count). The van der Waals surface area contributed by atoms with E-state index >= 15 is 0 Å². The highest BCUT2D eigenvalue weighted by atomic mass is 32.1. The third-order valence-corrected chi connectivity index (χ3v) is 7.68. The van der Waals surface area contributed by atoms with Crippen LogP contribution in [-0.2, 0) is 0 Å². The van der Waals surface area contributed by atoms with Crippen LogP contribution in [0.25, 0.3) is 64.2 Å². The summed E-state index contributed by atoms with van der Waals surface area (Å²) < 4.78 is 2.61. The van der Waals surface area contributed by atoms with E-state index in [1.54, 1.807) is 0 Å². The van der Waals surface area contributed by atoms with Gasteiger partial charge in [-0.05, 0) is 40.1 Å². The van der Waals surface area contributed by atoms with Crippen LogP contribution in [0.5, 0.6) is 0 Å². The Balaban J connectivity index is 1.60. The summed E-state index contributed by atoms with van der Waals surface area (Å²) in [7, 11) is 0. The third kappa shape index (κ3) is 2.88. The van der Waals surface area contributed by atoms with E-state index in [0.717, 1.165) is 11.2 Å². The molecule has 2 aromatic heterocycles. The van der Waals surface area contributed by atoms with Gasteiger partial charge in [0.05, 0.1) is 11.2 Å². The Hall–Kier alpha value is -4.01. The number of fused-ring (bicyclic) bond motifs is 6. The van der Waals surface area contributed by atoms with Crippen LogP contribution in [0.4, 0.5) is 0 Å². The summed E-state index contributed by atoms with van der Waals surface area (Å²) in [6.45, 7) is 0. The molecule has 0 aliphatic heterocycles. The molecular formula is C31H19NS. The van der Waals surface area contributed by atoms with Gasteiger partial charge in [0, 0.05) is 31.1 Å². The molecule has 0 bridgehead atoms. The molecule has 5 aromatic carbocycles. The van der Waals surface area contributed by atoms with Gasteiger partial charge in [-0.2, -0.15) is 0 Å². The smallest absolute Gasteiger partial charge is 0.0730 e. The molecule has 0 atom stereocenters. The van der Waals surface area contributed by atoms with Gasteiger partial charge in [0.1, 0.15) is 0 Å². The lowest BCUT2D eigenvalue weighted by Crippen LogP contribution is -1.91. The number of rotatable bonds is 2. The number of thiophene rings is 1. The van der Waals surface area contributed by atoms with Crippen molar-refractivity contribution in [3.8, 4) is 22.4 Å². The van der Waals surface area contributed by atoms with Gasteiger partial charge in [-0.15, -0.1) is 11.3 Å². The lowest BCUT2D eigenvalue weighted by Gasteiger charge is -2.13. The maximum Gasteiger partial charge on any atom is 0.0730 e. The Morgan fingerprint density at radius 3 is 2.21 bits per heavy atom. The van der Waals surface area contributed by atoms with Crippen molar-refractivity contribution < 1.29 is 0 Å². The maximum atomic E-state index is 5.21. The Bertz CT molecular complexity index is 1810. The van der Waals surface area contributed by atoms with Gasteiger partial charge in [0.25, 0.3) is 0 Å². The standard InChI is InChI=1S/C31H19NS/c1-2-9-20(10-3-1)26-19-28(32-27-18-17-21-11-4-5-12-22(21)30(26)27)25-15-8-14-24-23-13-6-7-16-29(23)33-31(24)25/h1-19H. The van der Waals surface area contributed by atoms with Crippen LogP contribution < -0.4 is 0 Å². The molecule has 0 aliphatic carbocycles. The predicted octanol–water partition coefficient (Wildman–Crippen LogP) is 9.09. The van der Waals surface area contributed by atoms with Crippen LogP contribution in [0, 0.1) is 0 Å². The number of aromatic nitrogens is 1.